The van der Waals surface area contributed by atoms with Crippen LogP contribution in [0.5, 0.6) is 0 Å². The van der Waals surface area contributed by atoms with E-state index in [-0.39, 0.29) is 23.8 Å². The van der Waals surface area contributed by atoms with Crippen molar-refractivity contribution in [1.82, 2.24) is 15.2 Å². The van der Waals surface area contributed by atoms with Crippen molar-refractivity contribution in [2.45, 2.75) is 58.5 Å². The average Bonchev–Trinajstić information content (AvgIpc) is 2.88. The molecule has 6 heteroatoms. The maximum Gasteiger partial charge on any atom is 0.248 e. The highest BCUT2D eigenvalue weighted by Crippen LogP contribution is 2.24. The zero-order valence-electron chi connectivity index (χ0n) is 12.5. The van der Waals surface area contributed by atoms with Gasteiger partial charge >= 0.3 is 0 Å². The summed E-state index contributed by atoms with van der Waals surface area (Å²) in [6, 6.07) is 0. The third-order valence-electron chi connectivity index (χ3n) is 3.63. The third kappa shape index (κ3) is 3.79. The molecule has 112 valence electrons. The van der Waals surface area contributed by atoms with Crippen LogP contribution in [0.4, 0.5) is 5.95 Å². The predicted molar refractivity (Wildman–Crippen MR) is 76.5 cm³/mol. The van der Waals surface area contributed by atoms with Crippen molar-refractivity contribution in [3.8, 4) is 0 Å². The van der Waals surface area contributed by atoms with Crippen molar-refractivity contribution in [2.24, 2.45) is 5.92 Å². The highest BCUT2D eigenvalue weighted by Gasteiger charge is 2.28. The van der Waals surface area contributed by atoms with E-state index in [0.29, 0.717) is 12.6 Å². The molecule has 0 radical (unpaired) electrons. The Balaban J connectivity index is 1.90. The standard InChI is InChI=1S/C14H24N4O2/c1-4-5-11-8-10(6-7-20-11)13(19)16-14-15-12(9(2)3)17-18-14/h9-11H,4-8H2,1-3H3,(H2,15,16,17,18,19)/t10-,11+/m1/s1. The molecule has 1 aliphatic heterocycles. The molecule has 0 bridgehead atoms. The fourth-order valence-corrected chi connectivity index (χ4v) is 2.44. The summed E-state index contributed by atoms with van der Waals surface area (Å²) in [6.07, 6.45) is 3.87. The summed E-state index contributed by atoms with van der Waals surface area (Å²) < 4.78 is 5.67. The number of nitrogens with one attached hydrogen (secondary N) is 2. The Morgan fingerprint density at radius 1 is 1.55 bits per heavy atom. The number of ether oxygens (including phenoxy) is 1. The quantitative estimate of drug-likeness (QED) is 0.868. The summed E-state index contributed by atoms with van der Waals surface area (Å²) in [5, 5.41) is 9.67. The average molecular weight is 280 g/mol. The fourth-order valence-electron chi connectivity index (χ4n) is 2.44. The lowest BCUT2D eigenvalue weighted by Crippen LogP contribution is -2.33. The lowest BCUT2D eigenvalue weighted by Gasteiger charge is -2.28. The molecule has 6 nitrogen and oxygen atoms in total. The van der Waals surface area contributed by atoms with Crippen molar-refractivity contribution < 1.29 is 9.53 Å². The van der Waals surface area contributed by atoms with Crippen molar-refractivity contribution in [1.29, 1.82) is 0 Å². The van der Waals surface area contributed by atoms with Gasteiger partial charge in [-0.3, -0.25) is 15.2 Å². The number of nitrogens with zero attached hydrogens (tertiary/aromatic N) is 2. The summed E-state index contributed by atoms with van der Waals surface area (Å²) in [5.41, 5.74) is 0. The van der Waals surface area contributed by atoms with Gasteiger partial charge in [-0.05, 0) is 19.3 Å². The van der Waals surface area contributed by atoms with E-state index in [1.54, 1.807) is 0 Å². The Bertz CT molecular complexity index is 442. The minimum atomic E-state index is 0.00120. The van der Waals surface area contributed by atoms with E-state index in [0.717, 1.165) is 31.5 Å². The highest BCUT2D eigenvalue weighted by molar-refractivity contribution is 5.90. The molecule has 0 unspecified atom stereocenters. The van der Waals surface area contributed by atoms with Gasteiger partial charge in [0.1, 0.15) is 5.82 Å². The van der Waals surface area contributed by atoms with Gasteiger partial charge in [0.2, 0.25) is 11.9 Å². The highest BCUT2D eigenvalue weighted by atomic mass is 16.5. The third-order valence-corrected chi connectivity index (χ3v) is 3.63. The van der Waals surface area contributed by atoms with Crippen LogP contribution in [0.1, 0.15) is 58.2 Å². The van der Waals surface area contributed by atoms with E-state index < -0.39 is 0 Å². The zero-order chi connectivity index (χ0) is 14.5. The van der Waals surface area contributed by atoms with Crippen LogP contribution in [-0.4, -0.2) is 33.8 Å². The molecule has 1 fully saturated rings. The predicted octanol–water partition coefficient (Wildman–Crippen LogP) is 2.46. The number of H-pyrrole nitrogens is 1. The number of aromatic amines is 1. The SMILES string of the molecule is CCC[C@H]1C[C@H](C(=O)Nc2n[nH]c(C(C)C)n2)CCO1. The van der Waals surface area contributed by atoms with Gasteiger partial charge in [0, 0.05) is 18.4 Å². The molecule has 0 aromatic carbocycles. The van der Waals surface area contributed by atoms with Crippen LogP contribution in [0.2, 0.25) is 0 Å². The molecule has 20 heavy (non-hydrogen) atoms. The normalized spacial score (nSPS) is 23.0. The first-order valence-electron chi connectivity index (χ1n) is 7.45. The van der Waals surface area contributed by atoms with Gasteiger partial charge < -0.3 is 4.74 Å². The van der Waals surface area contributed by atoms with E-state index in [9.17, 15) is 4.79 Å². The van der Waals surface area contributed by atoms with Crippen LogP contribution in [0.3, 0.4) is 0 Å². The van der Waals surface area contributed by atoms with Crippen molar-refractivity contribution in [3.05, 3.63) is 5.82 Å². The second kappa shape index (κ2) is 6.83. The summed E-state index contributed by atoms with van der Waals surface area (Å²) in [4.78, 5) is 16.5. The molecule has 1 aromatic rings. The monoisotopic (exact) mass is 280 g/mol. The zero-order valence-corrected chi connectivity index (χ0v) is 12.5. The van der Waals surface area contributed by atoms with Crippen molar-refractivity contribution in [3.63, 3.8) is 0 Å². The fraction of sp³-hybridized carbons (Fsp3) is 0.786. The molecule has 0 aliphatic carbocycles. The number of amides is 1. The second-order valence-corrected chi connectivity index (χ2v) is 5.69. The first-order valence-corrected chi connectivity index (χ1v) is 7.45. The van der Waals surface area contributed by atoms with Gasteiger partial charge in [0.15, 0.2) is 0 Å². The lowest BCUT2D eigenvalue weighted by atomic mass is 9.93. The summed E-state index contributed by atoms with van der Waals surface area (Å²) in [6.45, 7) is 6.85. The smallest absolute Gasteiger partial charge is 0.248 e. The molecule has 2 rings (SSSR count). The van der Waals surface area contributed by atoms with Gasteiger partial charge in [-0.15, -0.1) is 5.10 Å². The molecule has 0 spiro atoms. The van der Waals surface area contributed by atoms with Crippen LogP contribution in [0.25, 0.3) is 0 Å². The minimum Gasteiger partial charge on any atom is -0.378 e. The van der Waals surface area contributed by atoms with Crippen molar-refractivity contribution >= 4 is 11.9 Å². The minimum absolute atomic E-state index is 0.00120. The number of carbonyl (C=O) groups excluding carboxylic acids is 1. The van der Waals surface area contributed by atoms with E-state index in [1.807, 2.05) is 13.8 Å². The Labute approximate surface area is 119 Å². The molecule has 0 saturated carbocycles. The largest absolute Gasteiger partial charge is 0.378 e. The van der Waals surface area contributed by atoms with Gasteiger partial charge in [0.05, 0.1) is 6.10 Å². The number of rotatable bonds is 5. The topological polar surface area (TPSA) is 79.9 Å². The van der Waals surface area contributed by atoms with Crippen LogP contribution in [0.15, 0.2) is 0 Å². The van der Waals surface area contributed by atoms with E-state index in [4.69, 9.17) is 4.74 Å². The summed E-state index contributed by atoms with van der Waals surface area (Å²) >= 11 is 0. The number of hydrogen-bond acceptors (Lipinski definition) is 4. The first kappa shape index (κ1) is 15.0. The van der Waals surface area contributed by atoms with Crippen LogP contribution >= 0.6 is 0 Å². The van der Waals surface area contributed by atoms with E-state index in [1.165, 1.54) is 0 Å². The van der Waals surface area contributed by atoms with E-state index >= 15 is 0 Å². The Morgan fingerprint density at radius 3 is 3.00 bits per heavy atom. The molecule has 1 aromatic heterocycles. The van der Waals surface area contributed by atoms with Gasteiger partial charge in [-0.2, -0.15) is 4.98 Å². The molecule has 1 amide bonds. The molecule has 2 N–H and O–H groups in total. The maximum absolute atomic E-state index is 12.2. The second-order valence-electron chi connectivity index (χ2n) is 5.69. The first-order chi connectivity index (χ1) is 9.60. The van der Waals surface area contributed by atoms with Gasteiger partial charge in [-0.25, -0.2) is 0 Å². The Morgan fingerprint density at radius 2 is 2.35 bits per heavy atom. The maximum atomic E-state index is 12.2. The molecule has 2 heterocycles. The van der Waals surface area contributed by atoms with Crippen LogP contribution in [-0.2, 0) is 9.53 Å². The molecular formula is C14H24N4O2. The Kier molecular flexibility index (Phi) is 5.11. The van der Waals surface area contributed by atoms with Crippen LogP contribution < -0.4 is 5.32 Å². The summed E-state index contributed by atoms with van der Waals surface area (Å²) in [7, 11) is 0. The van der Waals surface area contributed by atoms with Gasteiger partial charge in [0.25, 0.3) is 0 Å². The number of carbonyl (C=O) groups is 1. The van der Waals surface area contributed by atoms with E-state index in [2.05, 4.69) is 27.4 Å². The number of anilines is 1. The van der Waals surface area contributed by atoms with Crippen LogP contribution in [0, 0.1) is 5.92 Å². The lowest BCUT2D eigenvalue weighted by molar-refractivity contribution is -0.125. The molecule has 2 atom stereocenters. The Hall–Kier alpha value is -1.43. The van der Waals surface area contributed by atoms with Crippen molar-refractivity contribution in [2.75, 3.05) is 11.9 Å². The summed E-state index contributed by atoms with van der Waals surface area (Å²) in [5.74, 6) is 1.43. The molecule has 1 saturated heterocycles. The van der Waals surface area contributed by atoms with Gasteiger partial charge in [-0.1, -0.05) is 27.2 Å². The number of aromatic nitrogens is 3. The molecule has 1 aliphatic rings. The number of hydrogen-bond donors (Lipinski definition) is 2. The molecular weight excluding hydrogens is 256 g/mol.